The van der Waals surface area contributed by atoms with E-state index in [1.165, 1.54) is 25.3 Å². The molecule has 0 aliphatic rings. The second-order valence-electron chi connectivity index (χ2n) is 5.19. The number of carbonyl (C=O) groups excluding carboxylic acids is 1. The van der Waals surface area contributed by atoms with Crippen molar-refractivity contribution in [2.24, 2.45) is 0 Å². The Morgan fingerprint density at radius 1 is 1.08 bits per heavy atom. The van der Waals surface area contributed by atoms with Crippen molar-refractivity contribution in [2.45, 2.75) is 6.18 Å². The van der Waals surface area contributed by atoms with Gasteiger partial charge in [0.05, 0.1) is 18.2 Å². The molecule has 0 spiro atoms. The van der Waals surface area contributed by atoms with Crippen molar-refractivity contribution in [2.75, 3.05) is 7.11 Å². The summed E-state index contributed by atoms with van der Waals surface area (Å²) in [5.41, 5.74) is 0.542. The summed E-state index contributed by atoms with van der Waals surface area (Å²) in [6.07, 6.45) is -4.45. The Hall–Kier alpha value is -3.09. The largest absolute Gasteiger partial charge is 0.465 e. The third-order valence-corrected chi connectivity index (χ3v) is 3.59. The summed E-state index contributed by atoms with van der Waals surface area (Å²) < 4.78 is 48.4. The molecule has 4 nitrogen and oxygen atoms in total. The van der Waals surface area contributed by atoms with Gasteiger partial charge in [-0.2, -0.15) is 13.2 Å². The zero-order valence-corrected chi connectivity index (χ0v) is 13.0. The first-order chi connectivity index (χ1) is 11.9. The van der Waals surface area contributed by atoms with E-state index >= 15 is 0 Å². The minimum atomic E-state index is -4.45. The van der Waals surface area contributed by atoms with Gasteiger partial charge in [-0.25, -0.2) is 4.79 Å². The molecule has 0 bridgehead atoms. The Morgan fingerprint density at radius 3 is 2.56 bits per heavy atom. The molecule has 0 radical (unpaired) electrons. The van der Waals surface area contributed by atoms with Crippen molar-refractivity contribution in [3.63, 3.8) is 0 Å². The van der Waals surface area contributed by atoms with E-state index in [0.717, 1.165) is 12.1 Å². The van der Waals surface area contributed by atoms with Crippen LogP contribution in [0.3, 0.4) is 0 Å². The predicted octanol–water partition coefficient (Wildman–Crippen LogP) is 4.81. The summed E-state index contributed by atoms with van der Waals surface area (Å²) in [6, 6.07) is 12.8. The summed E-state index contributed by atoms with van der Waals surface area (Å²) in [7, 11) is 1.26. The molecular formula is C18H12F3NO3. The van der Waals surface area contributed by atoms with Crippen LogP contribution in [0.15, 0.2) is 59.1 Å². The van der Waals surface area contributed by atoms with Crippen LogP contribution in [0.5, 0.6) is 0 Å². The van der Waals surface area contributed by atoms with Crippen LogP contribution in [0.1, 0.15) is 15.9 Å². The van der Waals surface area contributed by atoms with Crippen LogP contribution >= 0.6 is 0 Å². The second kappa shape index (κ2) is 6.43. The fourth-order valence-corrected chi connectivity index (χ4v) is 2.38. The molecular weight excluding hydrogens is 335 g/mol. The topological polar surface area (TPSA) is 52.3 Å². The normalized spacial score (nSPS) is 11.4. The SMILES string of the molecule is COC(=O)c1ccccc1-c1cc(-c2cccc(C(F)(F)F)c2)on1. The number of benzene rings is 2. The fraction of sp³-hybridized carbons (Fsp3) is 0.111. The van der Waals surface area contributed by atoms with Crippen molar-refractivity contribution in [1.82, 2.24) is 5.16 Å². The molecule has 0 aliphatic carbocycles. The van der Waals surface area contributed by atoms with Crippen molar-refractivity contribution < 1.29 is 27.2 Å². The number of rotatable bonds is 3. The number of esters is 1. The molecule has 25 heavy (non-hydrogen) atoms. The smallest absolute Gasteiger partial charge is 0.416 e. The van der Waals surface area contributed by atoms with Crippen molar-refractivity contribution in [3.05, 3.63) is 65.7 Å². The summed E-state index contributed by atoms with van der Waals surface area (Å²) in [4.78, 5) is 11.8. The van der Waals surface area contributed by atoms with E-state index in [0.29, 0.717) is 11.3 Å². The van der Waals surface area contributed by atoms with Gasteiger partial charge in [0, 0.05) is 17.2 Å². The molecule has 0 N–H and O–H groups in total. The van der Waals surface area contributed by atoms with Crippen LogP contribution < -0.4 is 0 Å². The highest BCUT2D eigenvalue weighted by atomic mass is 19.4. The Balaban J connectivity index is 2.01. The molecule has 0 saturated carbocycles. The lowest BCUT2D eigenvalue weighted by atomic mass is 10.0. The Kier molecular flexibility index (Phi) is 4.31. The summed E-state index contributed by atoms with van der Waals surface area (Å²) >= 11 is 0. The average Bonchev–Trinajstić information content (AvgIpc) is 3.10. The van der Waals surface area contributed by atoms with Crippen molar-refractivity contribution in [1.29, 1.82) is 0 Å². The van der Waals surface area contributed by atoms with Gasteiger partial charge in [0.2, 0.25) is 0 Å². The molecule has 0 saturated heterocycles. The molecule has 1 heterocycles. The van der Waals surface area contributed by atoms with Gasteiger partial charge in [-0.3, -0.25) is 0 Å². The van der Waals surface area contributed by atoms with Gasteiger partial charge in [-0.1, -0.05) is 35.5 Å². The predicted molar refractivity (Wildman–Crippen MR) is 83.7 cm³/mol. The highest BCUT2D eigenvalue weighted by molar-refractivity contribution is 5.96. The number of ether oxygens (including phenoxy) is 1. The van der Waals surface area contributed by atoms with Crippen molar-refractivity contribution >= 4 is 5.97 Å². The molecule has 0 atom stereocenters. The first kappa shape index (κ1) is 16.8. The minimum absolute atomic E-state index is 0.167. The monoisotopic (exact) mass is 347 g/mol. The number of aromatic nitrogens is 1. The van der Waals surface area contributed by atoms with Crippen LogP contribution in [0.4, 0.5) is 13.2 Å². The Bertz CT molecular complexity index is 916. The number of hydrogen-bond acceptors (Lipinski definition) is 4. The average molecular weight is 347 g/mol. The maximum atomic E-state index is 12.8. The molecule has 0 aliphatic heterocycles. The quantitative estimate of drug-likeness (QED) is 0.638. The van der Waals surface area contributed by atoms with E-state index in [2.05, 4.69) is 5.16 Å². The number of hydrogen-bond donors (Lipinski definition) is 0. The second-order valence-corrected chi connectivity index (χ2v) is 5.19. The van der Waals surface area contributed by atoms with E-state index in [-0.39, 0.29) is 16.9 Å². The van der Waals surface area contributed by atoms with E-state index in [4.69, 9.17) is 9.26 Å². The van der Waals surface area contributed by atoms with E-state index < -0.39 is 17.7 Å². The molecule has 0 fully saturated rings. The lowest BCUT2D eigenvalue weighted by Gasteiger charge is -2.06. The molecule has 1 aromatic heterocycles. The van der Waals surface area contributed by atoms with E-state index in [9.17, 15) is 18.0 Å². The number of alkyl halides is 3. The van der Waals surface area contributed by atoms with Crippen LogP contribution in [-0.2, 0) is 10.9 Å². The first-order valence-electron chi connectivity index (χ1n) is 7.22. The van der Waals surface area contributed by atoms with E-state index in [1.807, 2.05) is 0 Å². The zero-order chi connectivity index (χ0) is 18.0. The molecule has 0 unspecified atom stereocenters. The molecule has 3 rings (SSSR count). The number of nitrogens with zero attached hydrogens (tertiary/aromatic N) is 1. The van der Waals surface area contributed by atoms with Gasteiger partial charge < -0.3 is 9.26 Å². The summed E-state index contributed by atoms with van der Waals surface area (Å²) in [5.74, 6) is -0.375. The maximum Gasteiger partial charge on any atom is 0.416 e. The first-order valence-corrected chi connectivity index (χ1v) is 7.22. The standard InChI is InChI=1S/C18H12F3NO3/c1-24-17(23)14-8-3-2-7-13(14)15-10-16(25-22-15)11-5-4-6-12(9-11)18(19,20)21/h2-10H,1H3. The van der Waals surface area contributed by atoms with Crippen LogP contribution in [0.2, 0.25) is 0 Å². The third-order valence-electron chi connectivity index (χ3n) is 3.59. The fourth-order valence-electron chi connectivity index (χ4n) is 2.38. The Labute approximate surface area is 140 Å². The van der Waals surface area contributed by atoms with Gasteiger partial charge in [-0.05, 0) is 18.2 Å². The molecule has 3 aromatic rings. The highest BCUT2D eigenvalue weighted by Crippen LogP contribution is 2.33. The maximum absolute atomic E-state index is 12.8. The van der Waals surface area contributed by atoms with Crippen LogP contribution in [-0.4, -0.2) is 18.2 Å². The van der Waals surface area contributed by atoms with Gasteiger partial charge in [0.15, 0.2) is 5.76 Å². The van der Waals surface area contributed by atoms with Crippen molar-refractivity contribution in [3.8, 4) is 22.6 Å². The number of halogens is 3. The number of carbonyl (C=O) groups is 1. The highest BCUT2D eigenvalue weighted by Gasteiger charge is 2.30. The molecule has 2 aromatic carbocycles. The Morgan fingerprint density at radius 2 is 1.84 bits per heavy atom. The lowest BCUT2D eigenvalue weighted by molar-refractivity contribution is -0.137. The number of methoxy groups -OCH3 is 1. The lowest BCUT2D eigenvalue weighted by Crippen LogP contribution is -2.04. The van der Waals surface area contributed by atoms with Gasteiger partial charge in [0.25, 0.3) is 0 Å². The minimum Gasteiger partial charge on any atom is -0.465 e. The van der Waals surface area contributed by atoms with Crippen LogP contribution in [0, 0.1) is 0 Å². The summed E-state index contributed by atoms with van der Waals surface area (Å²) in [5, 5.41) is 3.87. The molecule has 128 valence electrons. The molecule has 0 amide bonds. The van der Waals surface area contributed by atoms with E-state index in [1.54, 1.807) is 24.3 Å². The van der Waals surface area contributed by atoms with Gasteiger partial charge in [-0.15, -0.1) is 0 Å². The molecule has 7 heteroatoms. The van der Waals surface area contributed by atoms with Crippen LogP contribution in [0.25, 0.3) is 22.6 Å². The zero-order valence-electron chi connectivity index (χ0n) is 13.0. The summed E-state index contributed by atoms with van der Waals surface area (Å²) in [6.45, 7) is 0. The van der Waals surface area contributed by atoms with Gasteiger partial charge in [0.1, 0.15) is 5.69 Å². The third kappa shape index (κ3) is 3.40. The van der Waals surface area contributed by atoms with Gasteiger partial charge >= 0.3 is 12.1 Å².